The summed E-state index contributed by atoms with van der Waals surface area (Å²) in [5.74, 6) is 3.20. The van der Waals surface area contributed by atoms with Crippen molar-refractivity contribution in [2.24, 2.45) is 11.7 Å². The molecule has 1 fully saturated rings. The van der Waals surface area contributed by atoms with Crippen LogP contribution in [0.2, 0.25) is 0 Å². The Morgan fingerprint density at radius 2 is 2.29 bits per heavy atom. The van der Waals surface area contributed by atoms with Gasteiger partial charge in [-0.15, -0.1) is 0 Å². The second kappa shape index (κ2) is 5.99. The van der Waals surface area contributed by atoms with Crippen molar-refractivity contribution in [2.75, 3.05) is 24.6 Å². The quantitative estimate of drug-likeness (QED) is 0.777. The molecule has 0 amide bonds. The molecule has 84 valence electrons. The molecule has 0 aliphatic carbocycles. The van der Waals surface area contributed by atoms with Crippen LogP contribution in [0.15, 0.2) is 0 Å². The fourth-order valence-electron chi connectivity index (χ4n) is 1.79. The van der Waals surface area contributed by atoms with E-state index in [-0.39, 0.29) is 0 Å². The van der Waals surface area contributed by atoms with E-state index in [1.807, 2.05) is 0 Å². The van der Waals surface area contributed by atoms with Gasteiger partial charge in [-0.2, -0.15) is 11.8 Å². The molecule has 0 spiro atoms. The van der Waals surface area contributed by atoms with Crippen molar-refractivity contribution in [1.29, 1.82) is 0 Å². The number of nitrogens with zero attached hydrogens (tertiary/aromatic N) is 1. The molecule has 1 aliphatic rings. The van der Waals surface area contributed by atoms with Crippen molar-refractivity contribution in [3.05, 3.63) is 0 Å². The van der Waals surface area contributed by atoms with Crippen molar-refractivity contribution < 1.29 is 0 Å². The molecule has 0 radical (unpaired) electrons. The Bertz CT molecular complexity index is 163. The lowest BCUT2D eigenvalue weighted by atomic mass is 9.99. The van der Waals surface area contributed by atoms with E-state index in [0.29, 0.717) is 18.0 Å². The summed E-state index contributed by atoms with van der Waals surface area (Å²) in [5, 5.41) is 0. The Balaban J connectivity index is 2.34. The third kappa shape index (κ3) is 3.44. The van der Waals surface area contributed by atoms with Crippen molar-refractivity contribution in [3.8, 4) is 0 Å². The minimum absolute atomic E-state index is 0.352. The van der Waals surface area contributed by atoms with Crippen molar-refractivity contribution in [1.82, 2.24) is 4.90 Å². The summed E-state index contributed by atoms with van der Waals surface area (Å²) >= 11 is 2.07. The topological polar surface area (TPSA) is 29.3 Å². The number of hydrogen-bond donors (Lipinski definition) is 1. The lowest BCUT2D eigenvalue weighted by Crippen LogP contribution is -2.48. The summed E-state index contributed by atoms with van der Waals surface area (Å²) in [4.78, 5) is 2.55. The van der Waals surface area contributed by atoms with E-state index >= 15 is 0 Å². The molecule has 3 atom stereocenters. The van der Waals surface area contributed by atoms with Gasteiger partial charge in [0.2, 0.25) is 0 Å². The SMILES string of the molecule is CCC(C)C(N)CN1CCSCC1C. The van der Waals surface area contributed by atoms with E-state index in [4.69, 9.17) is 5.73 Å². The molecule has 0 aromatic carbocycles. The van der Waals surface area contributed by atoms with Gasteiger partial charge in [0.05, 0.1) is 0 Å². The molecule has 0 saturated carbocycles. The highest BCUT2D eigenvalue weighted by molar-refractivity contribution is 7.99. The van der Waals surface area contributed by atoms with Crippen LogP contribution in [0, 0.1) is 5.92 Å². The second-order valence-electron chi connectivity index (χ2n) is 4.47. The highest BCUT2D eigenvalue weighted by atomic mass is 32.2. The van der Waals surface area contributed by atoms with Crippen LogP contribution in [0.1, 0.15) is 27.2 Å². The zero-order chi connectivity index (χ0) is 10.6. The smallest absolute Gasteiger partial charge is 0.0193 e. The maximum Gasteiger partial charge on any atom is 0.0193 e. The molecule has 2 nitrogen and oxygen atoms in total. The second-order valence-corrected chi connectivity index (χ2v) is 5.62. The van der Waals surface area contributed by atoms with Crippen LogP contribution in [-0.2, 0) is 0 Å². The van der Waals surface area contributed by atoms with Crippen LogP contribution >= 0.6 is 11.8 Å². The molecule has 1 saturated heterocycles. The monoisotopic (exact) mass is 216 g/mol. The fraction of sp³-hybridized carbons (Fsp3) is 1.00. The third-order valence-electron chi connectivity index (χ3n) is 3.33. The van der Waals surface area contributed by atoms with Gasteiger partial charge < -0.3 is 5.73 Å². The molecule has 1 rings (SSSR count). The molecule has 14 heavy (non-hydrogen) atoms. The summed E-state index contributed by atoms with van der Waals surface area (Å²) in [6.45, 7) is 9.09. The first-order valence-corrected chi connectivity index (χ1v) is 6.88. The number of rotatable bonds is 4. The fourth-order valence-corrected chi connectivity index (χ4v) is 2.87. The maximum absolute atomic E-state index is 6.17. The first kappa shape index (κ1) is 12.3. The molecule has 0 bridgehead atoms. The Labute approximate surface area is 92.6 Å². The predicted octanol–water partition coefficient (Wildman–Crippen LogP) is 1.80. The largest absolute Gasteiger partial charge is 0.326 e. The van der Waals surface area contributed by atoms with Crippen LogP contribution in [0.3, 0.4) is 0 Å². The lowest BCUT2D eigenvalue weighted by Gasteiger charge is -2.36. The van der Waals surface area contributed by atoms with E-state index in [0.717, 1.165) is 6.54 Å². The van der Waals surface area contributed by atoms with Gasteiger partial charge in [0.1, 0.15) is 0 Å². The van der Waals surface area contributed by atoms with Gasteiger partial charge in [0.15, 0.2) is 0 Å². The van der Waals surface area contributed by atoms with E-state index in [1.54, 1.807) is 0 Å². The number of hydrogen-bond acceptors (Lipinski definition) is 3. The van der Waals surface area contributed by atoms with Gasteiger partial charge in [0, 0.05) is 36.7 Å². The van der Waals surface area contributed by atoms with Crippen LogP contribution in [0.5, 0.6) is 0 Å². The predicted molar refractivity (Wildman–Crippen MR) is 65.8 cm³/mol. The summed E-state index contributed by atoms with van der Waals surface area (Å²) in [6, 6.07) is 1.06. The molecule has 0 aromatic rings. The Kier molecular flexibility index (Phi) is 5.28. The normalized spacial score (nSPS) is 28.7. The third-order valence-corrected chi connectivity index (χ3v) is 4.51. The molecule has 1 aliphatic heterocycles. The van der Waals surface area contributed by atoms with E-state index in [2.05, 4.69) is 37.4 Å². The Hall–Kier alpha value is 0.270. The van der Waals surface area contributed by atoms with Crippen LogP contribution in [0.25, 0.3) is 0 Å². The highest BCUT2D eigenvalue weighted by Crippen LogP contribution is 2.17. The number of thioether (sulfide) groups is 1. The maximum atomic E-state index is 6.17. The van der Waals surface area contributed by atoms with Crippen molar-refractivity contribution in [2.45, 2.75) is 39.3 Å². The summed E-state index contributed by atoms with van der Waals surface area (Å²) < 4.78 is 0. The van der Waals surface area contributed by atoms with Crippen LogP contribution in [-0.4, -0.2) is 41.6 Å². The molecule has 3 unspecified atom stereocenters. The van der Waals surface area contributed by atoms with E-state index < -0.39 is 0 Å². The molecule has 0 aromatic heterocycles. The summed E-state index contributed by atoms with van der Waals surface area (Å²) in [6.07, 6.45) is 1.19. The molecular weight excluding hydrogens is 192 g/mol. The minimum Gasteiger partial charge on any atom is -0.326 e. The minimum atomic E-state index is 0.352. The van der Waals surface area contributed by atoms with Gasteiger partial charge in [0.25, 0.3) is 0 Å². The van der Waals surface area contributed by atoms with Gasteiger partial charge in [-0.3, -0.25) is 4.90 Å². The molecular formula is C11H24N2S. The highest BCUT2D eigenvalue weighted by Gasteiger charge is 2.22. The first-order valence-electron chi connectivity index (χ1n) is 5.72. The molecule has 2 N–H and O–H groups in total. The first-order chi connectivity index (χ1) is 6.65. The van der Waals surface area contributed by atoms with Gasteiger partial charge in [-0.05, 0) is 12.8 Å². The van der Waals surface area contributed by atoms with E-state index in [1.165, 1.54) is 24.5 Å². The van der Waals surface area contributed by atoms with Crippen LogP contribution < -0.4 is 5.73 Å². The van der Waals surface area contributed by atoms with E-state index in [9.17, 15) is 0 Å². The van der Waals surface area contributed by atoms with Crippen LogP contribution in [0.4, 0.5) is 0 Å². The van der Waals surface area contributed by atoms with Crippen molar-refractivity contribution in [3.63, 3.8) is 0 Å². The van der Waals surface area contributed by atoms with Crippen molar-refractivity contribution >= 4 is 11.8 Å². The lowest BCUT2D eigenvalue weighted by molar-refractivity contribution is 0.199. The number of nitrogens with two attached hydrogens (primary N) is 1. The zero-order valence-corrected chi connectivity index (χ0v) is 10.5. The average Bonchev–Trinajstić information content (AvgIpc) is 2.20. The molecule has 3 heteroatoms. The zero-order valence-electron chi connectivity index (χ0n) is 9.70. The summed E-state index contributed by atoms with van der Waals surface area (Å²) in [7, 11) is 0. The summed E-state index contributed by atoms with van der Waals surface area (Å²) in [5.41, 5.74) is 6.17. The van der Waals surface area contributed by atoms with Gasteiger partial charge >= 0.3 is 0 Å². The average molecular weight is 216 g/mol. The Morgan fingerprint density at radius 1 is 1.57 bits per heavy atom. The standard InChI is InChI=1S/C11H24N2S/c1-4-9(2)11(12)7-13-5-6-14-8-10(13)3/h9-11H,4-8,12H2,1-3H3. The van der Waals surface area contributed by atoms with Gasteiger partial charge in [-0.25, -0.2) is 0 Å². The Morgan fingerprint density at radius 3 is 2.86 bits per heavy atom. The van der Waals surface area contributed by atoms with Gasteiger partial charge in [-0.1, -0.05) is 20.3 Å². The molecule has 1 heterocycles.